The summed E-state index contributed by atoms with van der Waals surface area (Å²) in [5.41, 5.74) is 0.826. The number of carbonyl (C=O) groups is 2. The minimum absolute atomic E-state index is 0.00128. The molecule has 2 aliphatic rings. The quantitative estimate of drug-likeness (QED) is 0.678. The van der Waals surface area contributed by atoms with E-state index in [0.29, 0.717) is 17.1 Å². The predicted octanol–water partition coefficient (Wildman–Crippen LogP) is 3.44. The number of nitrogens with zero attached hydrogens (tertiary/aromatic N) is 1. The maximum atomic E-state index is 13.0. The van der Waals surface area contributed by atoms with Crippen LogP contribution in [0.1, 0.15) is 64.4 Å². The van der Waals surface area contributed by atoms with Gasteiger partial charge in [-0.3, -0.25) is 14.5 Å². The highest BCUT2D eigenvalue weighted by Gasteiger charge is 2.42. The Kier molecular flexibility index (Phi) is 5.63. The molecule has 1 saturated carbocycles. The van der Waals surface area contributed by atoms with E-state index in [9.17, 15) is 19.8 Å². The number of hydrogen-bond acceptors (Lipinski definition) is 6. The number of aliphatic hydroxyl groups is 1. The van der Waals surface area contributed by atoms with Crippen LogP contribution in [-0.4, -0.2) is 46.7 Å². The van der Waals surface area contributed by atoms with Gasteiger partial charge in [-0.05, 0) is 61.9 Å². The Morgan fingerprint density at radius 2 is 1.87 bits per heavy atom. The number of hydrogen-bond donors (Lipinski definition) is 2. The van der Waals surface area contributed by atoms with E-state index in [0.717, 1.165) is 30.6 Å². The third-order valence-corrected chi connectivity index (χ3v) is 5.81. The van der Waals surface area contributed by atoms with Crippen LogP contribution in [0, 0.1) is 0 Å². The molecule has 0 aromatic heterocycles. The van der Waals surface area contributed by atoms with E-state index in [-0.39, 0.29) is 36.0 Å². The van der Waals surface area contributed by atoms with Gasteiger partial charge >= 0.3 is 0 Å². The summed E-state index contributed by atoms with van der Waals surface area (Å²) in [6, 6.07) is 9.04. The number of phenols is 1. The highest BCUT2D eigenvalue weighted by Crippen LogP contribution is 2.40. The Labute approximate surface area is 174 Å². The lowest BCUT2D eigenvalue weighted by Gasteiger charge is -2.27. The van der Waals surface area contributed by atoms with Gasteiger partial charge in [-0.1, -0.05) is 12.1 Å². The molecule has 30 heavy (non-hydrogen) atoms. The Bertz CT molecular complexity index is 966. The lowest BCUT2D eigenvalue weighted by molar-refractivity contribution is 0.0557. The maximum Gasteiger partial charge on any atom is 0.265 e. The molecule has 158 valence electrons. The van der Waals surface area contributed by atoms with Gasteiger partial charge in [0.05, 0.1) is 30.4 Å². The first kappa shape index (κ1) is 20.2. The van der Waals surface area contributed by atoms with Crippen molar-refractivity contribution >= 4 is 11.8 Å². The summed E-state index contributed by atoms with van der Waals surface area (Å²) in [7, 11) is 1.56. The zero-order valence-corrected chi connectivity index (χ0v) is 16.8. The van der Waals surface area contributed by atoms with Crippen molar-refractivity contribution in [3.8, 4) is 17.2 Å². The molecule has 2 aromatic rings. The monoisotopic (exact) mass is 411 g/mol. The number of ether oxygens (including phenoxy) is 2. The third kappa shape index (κ3) is 3.50. The summed E-state index contributed by atoms with van der Waals surface area (Å²) >= 11 is 0. The zero-order valence-electron chi connectivity index (χ0n) is 16.8. The number of phenolic OH excluding ortho intramolecular Hbond substituents is 1. The van der Waals surface area contributed by atoms with Crippen LogP contribution < -0.4 is 9.47 Å². The fourth-order valence-corrected chi connectivity index (χ4v) is 4.31. The highest BCUT2D eigenvalue weighted by atomic mass is 16.5. The van der Waals surface area contributed by atoms with E-state index in [4.69, 9.17) is 9.47 Å². The number of aliphatic hydroxyl groups excluding tert-OH is 1. The summed E-state index contributed by atoms with van der Waals surface area (Å²) in [6.45, 7) is -0.213. The molecule has 2 N–H and O–H groups in total. The van der Waals surface area contributed by atoms with E-state index >= 15 is 0 Å². The van der Waals surface area contributed by atoms with Gasteiger partial charge in [0.15, 0.2) is 11.5 Å². The molecule has 0 bridgehead atoms. The smallest absolute Gasteiger partial charge is 0.265 e. The largest absolute Gasteiger partial charge is 0.507 e. The van der Waals surface area contributed by atoms with Crippen LogP contribution in [0.4, 0.5) is 0 Å². The molecule has 1 heterocycles. The molecule has 0 spiro atoms. The second-order valence-corrected chi connectivity index (χ2v) is 7.64. The van der Waals surface area contributed by atoms with Gasteiger partial charge in [0.2, 0.25) is 0 Å². The van der Waals surface area contributed by atoms with Crippen molar-refractivity contribution in [3.63, 3.8) is 0 Å². The number of methoxy groups -OCH3 is 1. The van der Waals surface area contributed by atoms with Crippen molar-refractivity contribution in [1.29, 1.82) is 0 Å². The molecule has 1 aliphatic carbocycles. The molecule has 4 rings (SSSR count). The Hall–Kier alpha value is -3.06. The SMILES string of the molecule is COc1ccc(C(CCO)N2C(=O)c3cccc(O)c3C2=O)cc1OC1CCCC1. The first-order valence-electron chi connectivity index (χ1n) is 10.2. The summed E-state index contributed by atoms with van der Waals surface area (Å²) < 4.78 is 11.6. The van der Waals surface area contributed by atoms with Crippen molar-refractivity contribution in [1.82, 2.24) is 4.90 Å². The van der Waals surface area contributed by atoms with E-state index in [2.05, 4.69) is 0 Å². The van der Waals surface area contributed by atoms with Crippen LogP contribution in [0.3, 0.4) is 0 Å². The molecule has 1 fully saturated rings. The second kappa shape index (κ2) is 8.36. The van der Waals surface area contributed by atoms with Gasteiger partial charge in [-0.15, -0.1) is 0 Å². The molecule has 1 unspecified atom stereocenters. The zero-order chi connectivity index (χ0) is 21.3. The summed E-state index contributed by atoms with van der Waals surface area (Å²) in [6.07, 6.45) is 4.48. The molecule has 7 heteroatoms. The fourth-order valence-electron chi connectivity index (χ4n) is 4.31. The van der Waals surface area contributed by atoms with Gasteiger partial charge in [0, 0.05) is 6.61 Å². The second-order valence-electron chi connectivity index (χ2n) is 7.64. The molecule has 2 amide bonds. The molecular formula is C23H25NO6. The Morgan fingerprint density at radius 3 is 2.53 bits per heavy atom. The molecule has 0 saturated heterocycles. The van der Waals surface area contributed by atoms with Gasteiger partial charge in [0.1, 0.15) is 5.75 Å². The number of rotatable bonds is 7. The molecule has 2 aromatic carbocycles. The number of fused-ring (bicyclic) bond motifs is 1. The highest BCUT2D eigenvalue weighted by molar-refractivity contribution is 6.22. The first-order valence-corrected chi connectivity index (χ1v) is 10.2. The summed E-state index contributed by atoms with van der Waals surface area (Å²) in [4.78, 5) is 27.1. The van der Waals surface area contributed by atoms with Gasteiger partial charge in [0.25, 0.3) is 11.8 Å². The number of aromatic hydroxyl groups is 1. The van der Waals surface area contributed by atoms with E-state index in [1.165, 1.54) is 18.2 Å². The third-order valence-electron chi connectivity index (χ3n) is 5.81. The van der Waals surface area contributed by atoms with Crippen molar-refractivity contribution in [2.45, 2.75) is 44.2 Å². The van der Waals surface area contributed by atoms with Crippen molar-refractivity contribution < 1.29 is 29.3 Å². The minimum Gasteiger partial charge on any atom is -0.507 e. The molecule has 7 nitrogen and oxygen atoms in total. The molecule has 1 aliphatic heterocycles. The Morgan fingerprint density at radius 1 is 1.10 bits per heavy atom. The normalized spacial score (nSPS) is 17.3. The van der Waals surface area contributed by atoms with Crippen molar-refractivity contribution in [3.05, 3.63) is 53.1 Å². The lowest BCUT2D eigenvalue weighted by atomic mass is 10.0. The van der Waals surface area contributed by atoms with E-state index in [1.807, 2.05) is 0 Å². The topological polar surface area (TPSA) is 96.3 Å². The number of amides is 2. The first-order chi connectivity index (χ1) is 14.5. The minimum atomic E-state index is -0.696. The predicted molar refractivity (Wildman–Crippen MR) is 109 cm³/mol. The Balaban J connectivity index is 1.70. The van der Waals surface area contributed by atoms with Crippen LogP contribution in [0.25, 0.3) is 0 Å². The average molecular weight is 411 g/mol. The standard InChI is InChI=1S/C23H25NO6/c1-29-19-10-9-14(13-20(19)30-15-5-2-3-6-15)17(11-12-25)24-22(27)16-7-4-8-18(26)21(16)23(24)28/h4,7-10,13,15,17,25-26H,2-3,5-6,11-12H2,1H3. The maximum absolute atomic E-state index is 13.0. The van der Waals surface area contributed by atoms with Crippen LogP contribution in [-0.2, 0) is 0 Å². The van der Waals surface area contributed by atoms with Gasteiger partial charge in [-0.2, -0.15) is 0 Å². The van der Waals surface area contributed by atoms with Crippen LogP contribution >= 0.6 is 0 Å². The van der Waals surface area contributed by atoms with E-state index < -0.39 is 17.9 Å². The average Bonchev–Trinajstić information content (AvgIpc) is 3.34. The fraction of sp³-hybridized carbons (Fsp3) is 0.391. The van der Waals surface area contributed by atoms with Gasteiger partial charge < -0.3 is 19.7 Å². The van der Waals surface area contributed by atoms with Crippen molar-refractivity contribution in [2.75, 3.05) is 13.7 Å². The summed E-state index contributed by atoms with van der Waals surface area (Å²) in [5.74, 6) is -0.146. The number of imide groups is 1. The van der Waals surface area contributed by atoms with E-state index in [1.54, 1.807) is 25.3 Å². The molecule has 1 atom stereocenters. The lowest BCUT2D eigenvalue weighted by Crippen LogP contribution is -2.34. The molecular weight excluding hydrogens is 386 g/mol. The molecule has 0 radical (unpaired) electrons. The van der Waals surface area contributed by atoms with Crippen molar-refractivity contribution in [2.24, 2.45) is 0 Å². The summed E-state index contributed by atoms with van der Waals surface area (Å²) in [5, 5.41) is 19.8. The van der Waals surface area contributed by atoms with Crippen LogP contribution in [0.2, 0.25) is 0 Å². The van der Waals surface area contributed by atoms with Gasteiger partial charge in [-0.25, -0.2) is 0 Å². The number of benzene rings is 2. The van der Waals surface area contributed by atoms with Crippen LogP contribution in [0.5, 0.6) is 17.2 Å². The van der Waals surface area contributed by atoms with Crippen LogP contribution in [0.15, 0.2) is 36.4 Å². The number of carbonyl (C=O) groups excluding carboxylic acids is 2.